The molecule has 0 saturated carbocycles. The first kappa shape index (κ1) is 30.0. The number of benzene rings is 2. The third-order valence-corrected chi connectivity index (χ3v) is 8.71. The van der Waals surface area contributed by atoms with Crippen molar-refractivity contribution < 1.29 is 27.9 Å². The van der Waals surface area contributed by atoms with Crippen molar-refractivity contribution in [3.05, 3.63) is 66.6 Å². The summed E-state index contributed by atoms with van der Waals surface area (Å²) in [7, 11) is -0.741. The Labute approximate surface area is 240 Å². The van der Waals surface area contributed by atoms with E-state index in [-0.39, 0.29) is 43.0 Å². The van der Waals surface area contributed by atoms with Crippen LogP contribution < -0.4 is 15.4 Å². The molecule has 1 aliphatic heterocycles. The molecule has 1 aromatic heterocycles. The Morgan fingerprint density at radius 2 is 1.90 bits per heavy atom. The molecule has 2 aromatic carbocycles. The van der Waals surface area contributed by atoms with E-state index in [1.165, 1.54) is 23.9 Å². The highest BCUT2D eigenvalue weighted by atomic mass is 32.2. The second-order valence-electron chi connectivity index (χ2n) is 10.3. The number of likely N-dealkylation sites (N-methyl/N-ethyl adjacent to an activating group) is 1. The van der Waals surface area contributed by atoms with E-state index in [4.69, 9.17) is 4.74 Å². The lowest BCUT2D eigenvalue weighted by molar-refractivity contribution is -0.134. The third kappa shape index (κ3) is 7.23. The first-order valence-electron chi connectivity index (χ1n) is 13.2. The molecule has 41 heavy (non-hydrogen) atoms. The highest BCUT2D eigenvalue weighted by Gasteiger charge is 2.34. The molecule has 0 radical (unpaired) electrons. The summed E-state index contributed by atoms with van der Waals surface area (Å²) in [5, 5.41) is 15.3. The molecular weight excluding hydrogens is 548 g/mol. The molecule has 0 aliphatic carbocycles. The van der Waals surface area contributed by atoms with Gasteiger partial charge in [0.15, 0.2) is 5.03 Å². The van der Waals surface area contributed by atoms with Crippen LogP contribution in [0.5, 0.6) is 5.75 Å². The molecule has 12 nitrogen and oxygen atoms in total. The molecule has 3 amide bonds. The van der Waals surface area contributed by atoms with Crippen LogP contribution in [0.25, 0.3) is 0 Å². The number of amides is 3. The number of fused-ring (bicyclic) bond motifs is 1. The van der Waals surface area contributed by atoms with E-state index < -0.39 is 28.2 Å². The van der Waals surface area contributed by atoms with Gasteiger partial charge in [0.25, 0.3) is 10.0 Å². The average Bonchev–Trinajstić information content (AvgIpc) is 3.40. The van der Waals surface area contributed by atoms with E-state index in [9.17, 15) is 23.1 Å². The lowest BCUT2D eigenvalue weighted by atomic mass is 10.0. The van der Waals surface area contributed by atoms with E-state index in [1.54, 1.807) is 53.8 Å². The first-order chi connectivity index (χ1) is 19.5. The van der Waals surface area contributed by atoms with Crippen LogP contribution in [-0.2, 0) is 28.3 Å². The predicted octanol–water partition coefficient (Wildman–Crippen LogP) is 2.53. The lowest BCUT2D eigenvalue weighted by Gasteiger charge is -2.33. The Bertz CT molecular complexity index is 1480. The maximum atomic E-state index is 13.4. The smallest absolute Gasteiger partial charge is 0.323 e. The van der Waals surface area contributed by atoms with E-state index in [2.05, 4.69) is 15.6 Å². The third-order valence-electron chi connectivity index (χ3n) is 7.00. The summed E-state index contributed by atoms with van der Waals surface area (Å²) >= 11 is 0. The molecule has 3 aromatic rings. The van der Waals surface area contributed by atoms with Crippen LogP contribution in [0.15, 0.2) is 66.1 Å². The summed E-state index contributed by atoms with van der Waals surface area (Å²) in [5.41, 5.74) is 1.60. The number of rotatable bonds is 8. The van der Waals surface area contributed by atoms with Crippen molar-refractivity contribution in [1.82, 2.24) is 18.8 Å². The van der Waals surface area contributed by atoms with Crippen molar-refractivity contribution in [2.24, 2.45) is 13.0 Å². The molecule has 3 atom stereocenters. The average molecular weight is 585 g/mol. The number of hydrogen-bond donors (Lipinski definition) is 3. The van der Waals surface area contributed by atoms with Crippen molar-refractivity contribution in [1.29, 1.82) is 0 Å². The van der Waals surface area contributed by atoms with E-state index in [1.807, 2.05) is 25.1 Å². The number of aliphatic hydroxyl groups excluding tert-OH is 1. The zero-order chi connectivity index (χ0) is 29.7. The lowest BCUT2D eigenvalue weighted by Crippen LogP contribution is -2.48. The molecular formula is C28H36N6O6S. The van der Waals surface area contributed by atoms with E-state index in [0.29, 0.717) is 22.7 Å². The van der Waals surface area contributed by atoms with Crippen molar-refractivity contribution in [3.8, 4) is 5.75 Å². The Balaban J connectivity index is 1.62. The fourth-order valence-corrected chi connectivity index (χ4v) is 5.72. The number of anilines is 2. The minimum absolute atomic E-state index is 0.00542. The van der Waals surface area contributed by atoms with Gasteiger partial charge in [0.05, 0.1) is 31.9 Å². The number of imidazole rings is 1. The molecule has 0 spiro atoms. The normalized spacial score (nSPS) is 18.5. The Morgan fingerprint density at radius 1 is 1.20 bits per heavy atom. The van der Waals surface area contributed by atoms with Gasteiger partial charge in [0, 0.05) is 49.7 Å². The second-order valence-corrected chi connectivity index (χ2v) is 12.3. The summed E-state index contributed by atoms with van der Waals surface area (Å²) in [6.45, 7) is 3.65. The standard InChI is InChI=1S/C28H36N6O6S/c1-19-14-34(20(2)17-35)27(36)13-21-12-23(31-28(37)30-22-8-6-5-7-9-22)10-11-24(21)40-25(19)15-33(4)41(38,39)26-16-32(3)18-29-26/h5-12,16,18-20,25,35H,13-15,17H2,1-4H3,(H2,30,31,37)/t19-,20+,25+/m0/s1. The number of ether oxygens (including phenoxy) is 1. The minimum atomic E-state index is -3.89. The number of carbonyl (C=O) groups excluding carboxylic acids is 2. The number of aromatic nitrogens is 2. The molecule has 0 unspecified atom stereocenters. The van der Waals surface area contributed by atoms with Crippen LogP contribution >= 0.6 is 0 Å². The second kappa shape index (κ2) is 12.7. The number of aliphatic hydroxyl groups is 1. The molecule has 0 saturated heterocycles. The molecule has 0 bridgehead atoms. The minimum Gasteiger partial charge on any atom is -0.488 e. The predicted molar refractivity (Wildman–Crippen MR) is 154 cm³/mol. The fourth-order valence-electron chi connectivity index (χ4n) is 4.57. The Morgan fingerprint density at radius 3 is 2.56 bits per heavy atom. The zero-order valence-electron chi connectivity index (χ0n) is 23.5. The van der Waals surface area contributed by atoms with Gasteiger partial charge in [-0.05, 0) is 37.3 Å². The topological polar surface area (TPSA) is 146 Å². The van der Waals surface area contributed by atoms with Gasteiger partial charge in [0.2, 0.25) is 5.91 Å². The highest BCUT2D eigenvalue weighted by Crippen LogP contribution is 2.30. The van der Waals surface area contributed by atoms with Crippen LogP contribution in [0, 0.1) is 5.92 Å². The SMILES string of the molecule is C[C@H](CO)N1C[C@H](C)[C@@H](CN(C)S(=O)(=O)c2cn(C)cn2)Oc2ccc(NC(=O)Nc3ccccc3)cc2CC1=O. The van der Waals surface area contributed by atoms with Gasteiger partial charge in [-0.25, -0.2) is 18.2 Å². The van der Waals surface area contributed by atoms with Crippen molar-refractivity contribution in [2.75, 3.05) is 37.4 Å². The number of aryl methyl sites for hydroxylation is 1. The van der Waals surface area contributed by atoms with Gasteiger partial charge < -0.3 is 29.9 Å². The van der Waals surface area contributed by atoms with Crippen LogP contribution in [0.4, 0.5) is 16.2 Å². The maximum absolute atomic E-state index is 13.4. The van der Waals surface area contributed by atoms with Crippen LogP contribution in [0.1, 0.15) is 19.4 Å². The molecule has 13 heteroatoms. The van der Waals surface area contributed by atoms with Gasteiger partial charge in [-0.2, -0.15) is 4.31 Å². The molecule has 220 valence electrons. The summed E-state index contributed by atoms with van der Waals surface area (Å²) < 4.78 is 35.5. The van der Waals surface area contributed by atoms with E-state index in [0.717, 1.165) is 0 Å². The van der Waals surface area contributed by atoms with Gasteiger partial charge in [-0.15, -0.1) is 0 Å². The monoisotopic (exact) mass is 584 g/mol. The quantitative estimate of drug-likeness (QED) is 0.369. The van der Waals surface area contributed by atoms with Gasteiger partial charge in [-0.3, -0.25) is 4.79 Å². The van der Waals surface area contributed by atoms with Gasteiger partial charge >= 0.3 is 6.03 Å². The van der Waals surface area contributed by atoms with E-state index >= 15 is 0 Å². The number of urea groups is 1. The highest BCUT2D eigenvalue weighted by molar-refractivity contribution is 7.89. The molecule has 0 fully saturated rings. The number of carbonyl (C=O) groups is 2. The number of sulfonamides is 1. The van der Waals surface area contributed by atoms with Crippen LogP contribution in [0.2, 0.25) is 0 Å². The number of para-hydroxylation sites is 1. The summed E-state index contributed by atoms with van der Waals surface area (Å²) in [6, 6.07) is 13.1. The Kier molecular flexibility index (Phi) is 9.31. The summed E-state index contributed by atoms with van der Waals surface area (Å²) in [5.74, 6) is -0.106. The molecule has 3 N–H and O–H groups in total. The number of nitrogens with zero attached hydrogens (tertiary/aromatic N) is 4. The fraction of sp³-hybridized carbons (Fsp3) is 0.393. The van der Waals surface area contributed by atoms with Crippen molar-refractivity contribution in [3.63, 3.8) is 0 Å². The first-order valence-corrected chi connectivity index (χ1v) is 14.7. The zero-order valence-corrected chi connectivity index (χ0v) is 24.3. The van der Waals surface area contributed by atoms with Crippen molar-refractivity contribution >= 4 is 33.3 Å². The van der Waals surface area contributed by atoms with Crippen molar-refractivity contribution in [2.45, 2.75) is 37.4 Å². The summed E-state index contributed by atoms with van der Waals surface area (Å²) in [4.78, 5) is 31.6. The van der Waals surface area contributed by atoms with Crippen LogP contribution in [-0.4, -0.2) is 83.1 Å². The molecule has 1 aliphatic rings. The summed E-state index contributed by atoms with van der Waals surface area (Å²) in [6.07, 6.45) is 2.18. The maximum Gasteiger partial charge on any atom is 0.323 e. The van der Waals surface area contributed by atoms with Gasteiger partial charge in [-0.1, -0.05) is 25.1 Å². The molecule has 2 heterocycles. The van der Waals surface area contributed by atoms with Gasteiger partial charge in [0.1, 0.15) is 11.9 Å². The Hall–Kier alpha value is -3.94. The number of nitrogens with one attached hydrogen (secondary N) is 2. The number of hydrogen-bond acceptors (Lipinski definition) is 7. The molecule has 4 rings (SSSR count). The largest absolute Gasteiger partial charge is 0.488 e. The van der Waals surface area contributed by atoms with Crippen LogP contribution in [0.3, 0.4) is 0 Å².